The van der Waals surface area contributed by atoms with Crippen molar-refractivity contribution in [3.63, 3.8) is 0 Å². The number of nitrogens with zero attached hydrogens (tertiary/aromatic N) is 3. The number of carbonyl (C=O) groups excluding carboxylic acids is 3. The molecule has 53 heavy (non-hydrogen) atoms. The number of carbonyl (C=O) groups is 3. The fraction of sp³-hybridized carbons (Fsp3) is 0.651. The number of aldehydes is 1. The Balaban J connectivity index is 0.000000198. The van der Waals surface area contributed by atoms with E-state index in [2.05, 4.69) is 75.2 Å². The van der Waals surface area contributed by atoms with Crippen molar-refractivity contribution < 1.29 is 23.9 Å². The molecular weight excluding hydrogens is 892 g/mol. The second-order valence-electron chi connectivity index (χ2n) is 17.6. The summed E-state index contributed by atoms with van der Waals surface area (Å²) in [6, 6.07) is 12.5. The van der Waals surface area contributed by atoms with Crippen LogP contribution in [0.4, 0.5) is 9.59 Å². The predicted octanol–water partition coefficient (Wildman–Crippen LogP) is 11.0. The summed E-state index contributed by atoms with van der Waals surface area (Å²) in [5.74, 6) is 0. The summed E-state index contributed by atoms with van der Waals surface area (Å²) < 4.78 is 13.3. The zero-order chi connectivity index (χ0) is 39.0. The Hall–Kier alpha value is -1.93. The lowest BCUT2D eigenvalue weighted by molar-refractivity contribution is 0.00150. The van der Waals surface area contributed by atoms with E-state index < -0.39 is 5.60 Å². The van der Waals surface area contributed by atoms with Crippen LogP contribution in [0.1, 0.15) is 133 Å². The van der Waals surface area contributed by atoms with Crippen molar-refractivity contribution in [3.8, 4) is 0 Å². The lowest BCUT2D eigenvalue weighted by atomic mass is 9.77. The number of amides is 2. The maximum atomic E-state index is 12.4. The lowest BCUT2D eigenvalue weighted by Gasteiger charge is -2.45. The third-order valence-corrected chi connectivity index (χ3v) is 13.0. The van der Waals surface area contributed by atoms with Gasteiger partial charge in [-0.25, -0.2) is 9.59 Å². The van der Waals surface area contributed by atoms with Crippen LogP contribution in [0.15, 0.2) is 36.4 Å². The second kappa shape index (κ2) is 18.8. The minimum absolute atomic E-state index is 0.134. The summed E-state index contributed by atoms with van der Waals surface area (Å²) in [7, 11) is 0. The molecule has 4 aliphatic rings. The number of piperidine rings is 2. The molecule has 294 valence electrons. The van der Waals surface area contributed by atoms with Crippen LogP contribution in [-0.4, -0.2) is 82.6 Å². The molecule has 2 spiro atoms. The Kier molecular flexibility index (Phi) is 15.5. The summed E-state index contributed by atoms with van der Waals surface area (Å²) in [6.07, 6.45) is 13.0. The lowest BCUT2D eigenvalue weighted by Crippen LogP contribution is -2.53. The third-order valence-electron chi connectivity index (χ3n) is 11.1. The average molecular weight is 956 g/mol. The van der Waals surface area contributed by atoms with Crippen molar-refractivity contribution in [3.05, 3.63) is 65.8 Å². The minimum Gasteiger partial charge on any atom is -0.444 e. The van der Waals surface area contributed by atoms with Crippen LogP contribution < -0.4 is 0 Å². The smallest absolute Gasteiger partial charge is 0.410 e. The SMILES string of the molecule is CC(C)(C)OC(=O)N1CCC2(CCCC2)CC1.Cc1ccc(C=O)c(I)c1.Cc1ccc(CN2CCCC23CCN(C(=O)OC(C)(C)C)CC3)c(I)c1. The fourth-order valence-corrected chi connectivity index (χ4v) is 9.71. The van der Waals surface area contributed by atoms with Gasteiger partial charge in [-0.3, -0.25) is 9.69 Å². The second-order valence-corrected chi connectivity index (χ2v) is 20.0. The number of aryl methyl sites for hydroxylation is 2. The van der Waals surface area contributed by atoms with Gasteiger partial charge >= 0.3 is 12.2 Å². The molecule has 6 rings (SSSR count). The standard InChI is InChI=1S/C21H31IN2O2.C14H25NO2.C8H7IO/c1-16-6-7-17(18(22)14-16)15-24-11-5-8-21(24)9-12-23(13-10-21)19(25)26-20(2,3)4;1-13(2,3)17-12(16)15-10-8-14(9-11-15)6-4-5-7-14;1-6-2-3-7(5-10)8(9)4-6/h6-7,14H,5,8-13,15H2,1-4H3;4-11H2,1-3H3;2-5H,1H3. The van der Waals surface area contributed by atoms with E-state index in [4.69, 9.17) is 9.47 Å². The van der Waals surface area contributed by atoms with Crippen LogP contribution >= 0.6 is 45.2 Å². The maximum absolute atomic E-state index is 12.4. The third kappa shape index (κ3) is 13.1. The Bertz CT molecular complexity index is 1540. The molecular formula is C43H63I2N3O5. The number of hydrogen-bond donors (Lipinski definition) is 0. The van der Waals surface area contributed by atoms with Crippen LogP contribution in [0.2, 0.25) is 0 Å². The first-order chi connectivity index (χ1) is 24.8. The van der Waals surface area contributed by atoms with Crippen LogP contribution in [0, 0.1) is 26.4 Å². The van der Waals surface area contributed by atoms with E-state index in [1.165, 1.54) is 71.6 Å². The van der Waals surface area contributed by atoms with E-state index in [1.54, 1.807) is 0 Å². The van der Waals surface area contributed by atoms with Crippen molar-refractivity contribution in [2.75, 3.05) is 32.7 Å². The first kappa shape index (κ1) is 43.8. The highest BCUT2D eigenvalue weighted by atomic mass is 127. The van der Waals surface area contributed by atoms with Crippen LogP contribution in [0.5, 0.6) is 0 Å². The molecule has 0 radical (unpaired) electrons. The molecule has 2 amide bonds. The molecule has 2 aromatic carbocycles. The summed E-state index contributed by atoms with van der Waals surface area (Å²) in [5.41, 5.74) is 4.73. The first-order valence-electron chi connectivity index (χ1n) is 19.5. The van der Waals surface area contributed by atoms with Gasteiger partial charge in [-0.05, 0) is 182 Å². The van der Waals surface area contributed by atoms with Gasteiger partial charge in [0.15, 0.2) is 6.29 Å². The normalized spacial score (nSPS) is 19.6. The monoisotopic (exact) mass is 955 g/mol. The van der Waals surface area contributed by atoms with Crippen LogP contribution in [0.3, 0.4) is 0 Å². The van der Waals surface area contributed by atoms with E-state index in [1.807, 2.05) is 76.5 Å². The van der Waals surface area contributed by atoms with Gasteiger partial charge < -0.3 is 19.3 Å². The fourth-order valence-electron chi connectivity index (χ4n) is 8.07. The van der Waals surface area contributed by atoms with Crippen molar-refractivity contribution in [1.29, 1.82) is 0 Å². The summed E-state index contributed by atoms with van der Waals surface area (Å²) in [4.78, 5) is 41.1. The first-order valence-corrected chi connectivity index (χ1v) is 21.7. The molecule has 3 heterocycles. The summed E-state index contributed by atoms with van der Waals surface area (Å²) >= 11 is 4.61. The van der Waals surface area contributed by atoms with E-state index >= 15 is 0 Å². The van der Waals surface area contributed by atoms with Gasteiger partial charge in [0.2, 0.25) is 0 Å². The topological polar surface area (TPSA) is 79.4 Å². The zero-order valence-corrected chi connectivity index (χ0v) is 37.8. The Labute approximate surface area is 346 Å². The molecule has 3 aliphatic heterocycles. The number of rotatable bonds is 3. The number of ether oxygens (including phenoxy) is 2. The van der Waals surface area contributed by atoms with Crippen molar-refractivity contribution >= 4 is 63.7 Å². The molecule has 1 aliphatic carbocycles. The molecule has 0 atom stereocenters. The largest absolute Gasteiger partial charge is 0.444 e. The van der Waals surface area contributed by atoms with Gasteiger partial charge in [0.1, 0.15) is 11.2 Å². The van der Waals surface area contributed by atoms with Crippen LogP contribution in [-0.2, 0) is 16.0 Å². The van der Waals surface area contributed by atoms with Crippen molar-refractivity contribution in [2.24, 2.45) is 5.41 Å². The molecule has 0 N–H and O–H groups in total. The van der Waals surface area contributed by atoms with Gasteiger partial charge in [-0.15, -0.1) is 0 Å². The summed E-state index contributed by atoms with van der Waals surface area (Å²) in [6.45, 7) is 21.3. The van der Waals surface area contributed by atoms with Crippen LogP contribution in [0.25, 0.3) is 0 Å². The van der Waals surface area contributed by atoms with Gasteiger partial charge in [0, 0.05) is 51.0 Å². The highest BCUT2D eigenvalue weighted by Crippen LogP contribution is 2.46. The quantitative estimate of drug-likeness (QED) is 0.225. The van der Waals surface area contributed by atoms with Crippen molar-refractivity contribution in [2.45, 2.75) is 143 Å². The molecule has 4 fully saturated rings. The predicted molar refractivity (Wildman–Crippen MR) is 231 cm³/mol. The zero-order valence-electron chi connectivity index (χ0n) is 33.5. The molecule has 0 bridgehead atoms. The Morgan fingerprint density at radius 2 is 1.17 bits per heavy atom. The molecule has 2 aromatic rings. The van der Waals surface area contributed by atoms with Gasteiger partial charge in [0.05, 0.1) is 0 Å². The number of halogens is 2. The van der Waals surface area contributed by atoms with E-state index in [-0.39, 0.29) is 23.3 Å². The molecule has 10 heteroatoms. The molecule has 8 nitrogen and oxygen atoms in total. The number of hydrogen-bond acceptors (Lipinski definition) is 6. The summed E-state index contributed by atoms with van der Waals surface area (Å²) in [5, 5.41) is 0. The molecule has 1 saturated carbocycles. The Morgan fingerprint density at radius 1 is 0.679 bits per heavy atom. The van der Waals surface area contributed by atoms with Gasteiger partial charge in [-0.2, -0.15) is 0 Å². The average Bonchev–Trinajstić information content (AvgIpc) is 3.68. The molecule has 0 aromatic heterocycles. The molecule has 0 unspecified atom stereocenters. The van der Waals surface area contributed by atoms with Gasteiger partial charge in [-0.1, -0.05) is 48.2 Å². The van der Waals surface area contributed by atoms with E-state index in [0.717, 1.165) is 67.5 Å². The Morgan fingerprint density at radius 3 is 1.64 bits per heavy atom. The maximum Gasteiger partial charge on any atom is 0.410 e. The van der Waals surface area contributed by atoms with E-state index in [9.17, 15) is 14.4 Å². The highest BCUT2D eigenvalue weighted by molar-refractivity contribution is 14.1. The van der Waals surface area contributed by atoms with Gasteiger partial charge in [0.25, 0.3) is 0 Å². The number of benzene rings is 2. The highest BCUT2D eigenvalue weighted by Gasteiger charge is 2.44. The van der Waals surface area contributed by atoms with E-state index in [0.29, 0.717) is 5.41 Å². The number of likely N-dealkylation sites (tertiary alicyclic amines) is 3. The van der Waals surface area contributed by atoms with Crippen molar-refractivity contribution in [1.82, 2.24) is 14.7 Å². The minimum atomic E-state index is -0.423. The molecule has 3 saturated heterocycles.